The maximum absolute atomic E-state index is 11.4. The lowest BCUT2D eigenvalue weighted by Crippen LogP contribution is -2.16. The summed E-state index contributed by atoms with van der Waals surface area (Å²) in [7, 11) is 1.70. The average Bonchev–Trinajstić information content (AvgIpc) is 2.12. The van der Waals surface area contributed by atoms with Crippen LogP contribution >= 0.6 is 0 Å². The molecule has 2 rings (SSSR count). The Balaban J connectivity index is 3.01. The van der Waals surface area contributed by atoms with Crippen molar-refractivity contribution in [2.24, 2.45) is 7.05 Å². The largest absolute Gasteiger partial charge is 0.317 e. The summed E-state index contributed by atoms with van der Waals surface area (Å²) in [5, 5.41) is 0.778. The summed E-state index contributed by atoms with van der Waals surface area (Å²) < 4.78 is 1.50. The Bertz CT molecular complexity index is 475. The van der Waals surface area contributed by atoms with Gasteiger partial charge in [0.1, 0.15) is 11.8 Å². The molecule has 0 saturated carbocycles. The van der Waals surface area contributed by atoms with Crippen LogP contribution in [0.15, 0.2) is 29.6 Å². The van der Waals surface area contributed by atoms with E-state index in [0.717, 1.165) is 5.39 Å². The fourth-order valence-electron chi connectivity index (χ4n) is 1.07. The van der Waals surface area contributed by atoms with Gasteiger partial charge in [-0.05, 0) is 6.07 Å². The summed E-state index contributed by atoms with van der Waals surface area (Å²) >= 11 is 0. The summed E-state index contributed by atoms with van der Waals surface area (Å²) in [6.45, 7) is 0. The number of hydrogen-bond acceptors (Lipinski definition) is 3. The van der Waals surface area contributed by atoms with Crippen LogP contribution in [-0.2, 0) is 7.05 Å². The molecule has 2 aromatic rings. The zero-order chi connectivity index (χ0) is 8.55. The summed E-state index contributed by atoms with van der Waals surface area (Å²) in [4.78, 5) is 19.1. The van der Waals surface area contributed by atoms with Gasteiger partial charge < -0.3 is 4.57 Å². The van der Waals surface area contributed by atoms with Crippen LogP contribution in [0, 0.1) is 0 Å². The summed E-state index contributed by atoms with van der Waals surface area (Å²) in [6.07, 6.45) is 4.71. The van der Waals surface area contributed by atoms with Crippen LogP contribution in [-0.4, -0.2) is 14.5 Å². The standard InChI is InChI=1S/C8H7N3O/c1-11-3-2-6-4-9-5-10-7(6)8(11)12/h2-5H,1H3. The molecule has 4 heteroatoms. The number of hydrogen-bond donors (Lipinski definition) is 0. The van der Waals surface area contributed by atoms with Gasteiger partial charge >= 0.3 is 0 Å². The van der Waals surface area contributed by atoms with Crippen LogP contribution < -0.4 is 5.56 Å². The molecule has 0 amide bonds. The molecule has 12 heavy (non-hydrogen) atoms. The van der Waals surface area contributed by atoms with Crippen molar-refractivity contribution >= 4 is 10.9 Å². The van der Waals surface area contributed by atoms with Crippen molar-refractivity contribution in [3.8, 4) is 0 Å². The lowest BCUT2D eigenvalue weighted by molar-refractivity contribution is 0.868. The highest BCUT2D eigenvalue weighted by Gasteiger charge is 1.99. The van der Waals surface area contributed by atoms with Gasteiger partial charge in [-0.3, -0.25) is 4.79 Å². The van der Waals surface area contributed by atoms with E-state index in [1.165, 1.54) is 10.9 Å². The maximum atomic E-state index is 11.4. The van der Waals surface area contributed by atoms with Gasteiger partial charge in [-0.2, -0.15) is 0 Å². The predicted molar refractivity (Wildman–Crippen MR) is 44.8 cm³/mol. The minimum atomic E-state index is -0.0881. The Labute approximate surface area is 68.5 Å². The third-order valence-corrected chi connectivity index (χ3v) is 1.74. The number of rotatable bonds is 0. The van der Waals surface area contributed by atoms with E-state index in [4.69, 9.17) is 0 Å². The summed E-state index contributed by atoms with van der Waals surface area (Å²) in [5.41, 5.74) is 0.380. The second kappa shape index (κ2) is 2.41. The maximum Gasteiger partial charge on any atom is 0.276 e. The molecular formula is C8H7N3O. The molecule has 0 spiro atoms. The molecule has 0 atom stereocenters. The molecule has 0 fully saturated rings. The van der Waals surface area contributed by atoms with Crippen LogP contribution in [0.5, 0.6) is 0 Å². The smallest absolute Gasteiger partial charge is 0.276 e. The summed E-state index contributed by atoms with van der Waals surface area (Å²) in [6, 6.07) is 1.82. The number of pyridine rings is 1. The molecule has 60 valence electrons. The molecule has 0 saturated heterocycles. The van der Waals surface area contributed by atoms with Gasteiger partial charge in [-0.1, -0.05) is 0 Å². The first-order valence-electron chi connectivity index (χ1n) is 3.54. The fourth-order valence-corrected chi connectivity index (χ4v) is 1.07. The second-order valence-corrected chi connectivity index (χ2v) is 2.56. The molecule has 0 aliphatic heterocycles. The first-order valence-corrected chi connectivity index (χ1v) is 3.54. The lowest BCUT2D eigenvalue weighted by Gasteiger charge is -1.97. The molecule has 0 unspecified atom stereocenters. The van der Waals surface area contributed by atoms with E-state index < -0.39 is 0 Å². The second-order valence-electron chi connectivity index (χ2n) is 2.56. The summed E-state index contributed by atoms with van der Waals surface area (Å²) in [5.74, 6) is 0. The number of aryl methyl sites for hydroxylation is 1. The molecular weight excluding hydrogens is 154 g/mol. The van der Waals surface area contributed by atoms with Gasteiger partial charge in [-0.15, -0.1) is 0 Å². The minimum absolute atomic E-state index is 0.0881. The van der Waals surface area contributed by atoms with Crippen molar-refractivity contribution in [1.82, 2.24) is 14.5 Å². The fraction of sp³-hybridized carbons (Fsp3) is 0.125. The van der Waals surface area contributed by atoms with Crippen molar-refractivity contribution in [1.29, 1.82) is 0 Å². The molecule has 2 aromatic heterocycles. The van der Waals surface area contributed by atoms with Crippen LogP contribution in [0.2, 0.25) is 0 Å². The minimum Gasteiger partial charge on any atom is -0.317 e. The Morgan fingerprint density at radius 3 is 3.17 bits per heavy atom. The Kier molecular flexibility index (Phi) is 1.40. The van der Waals surface area contributed by atoms with E-state index >= 15 is 0 Å². The molecule has 0 aliphatic rings. The van der Waals surface area contributed by atoms with E-state index in [-0.39, 0.29) is 5.56 Å². The number of nitrogens with zero attached hydrogens (tertiary/aromatic N) is 3. The van der Waals surface area contributed by atoms with E-state index in [1.54, 1.807) is 19.4 Å². The van der Waals surface area contributed by atoms with E-state index in [2.05, 4.69) is 9.97 Å². The molecule has 0 bridgehead atoms. The highest BCUT2D eigenvalue weighted by Crippen LogP contribution is 2.01. The molecule has 4 nitrogen and oxygen atoms in total. The van der Waals surface area contributed by atoms with Gasteiger partial charge in [0.25, 0.3) is 5.56 Å². The van der Waals surface area contributed by atoms with E-state index in [0.29, 0.717) is 5.52 Å². The number of fused-ring (bicyclic) bond motifs is 1. The molecule has 2 heterocycles. The third kappa shape index (κ3) is 0.887. The normalized spacial score (nSPS) is 10.4. The Morgan fingerprint density at radius 1 is 1.50 bits per heavy atom. The van der Waals surface area contributed by atoms with Crippen molar-refractivity contribution in [2.45, 2.75) is 0 Å². The molecule has 0 radical (unpaired) electrons. The van der Waals surface area contributed by atoms with Gasteiger partial charge in [0.15, 0.2) is 0 Å². The monoisotopic (exact) mass is 161 g/mol. The van der Waals surface area contributed by atoms with Gasteiger partial charge in [0.05, 0.1) is 0 Å². The molecule has 0 aromatic carbocycles. The van der Waals surface area contributed by atoms with Crippen LogP contribution in [0.25, 0.3) is 10.9 Å². The molecule has 0 aliphatic carbocycles. The predicted octanol–water partition coefficient (Wildman–Crippen LogP) is 0.328. The SMILES string of the molecule is Cn1ccc2cncnc2c1=O. The van der Waals surface area contributed by atoms with Gasteiger partial charge in [0.2, 0.25) is 0 Å². The van der Waals surface area contributed by atoms with Crippen LogP contribution in [0.1, 0.15) is 0 Å². The van der Waals surface area contributed by atoms with E-state index in [9.17, 15) is 4.79 Å². The quantitative estimate of drug-likeness (QED) is 0.559. The third-order valence-electron chi connectivity index (χ3n) is 1.74. The lowest BCUT2D eigenvalue weighted by atomic mass is 10.3. The topological polar surface area (TPSA) is 47.8 Å². The Morgan fingerprint density at radius 2 is 2.33 bits per heavy atom. The highest BCUT2D eigenvalue weighted by atomic mass is 16.1. The zero-order valence-electron chi connectivity index (χ0n) is 6.56. The van der Waals surface area contributed by atoms with Crippen molar-refractivity contribution in [2.75, 3.05) is 0 Å². The average molecular weight is 161 g/mol. The van der Waals surface area contributed by atoms with Crippen molar-refractivity contribution < 1.29 is 0 Å². The van der Waals surface area contributed by atoms with Crippen LogP contribution in [0.3, 0.4) is 0 Å². The molecule has 0 N–H and O–H groups in total. The van der Waals surface area contributed by atoms with Crippen molar-refractivity contribution in [3.05, 3.63) is 35.1 Å². The first kappa shape index (κ1) is 6.97. The Hall–Kier alpha value is -1.71. The van der Waals surface area contributed by atoms with E-state index in [1.807, 2.05) is 6.07 Å². The highest BCUT2D eigenvalue weighted by molar-refractivity contribution is 5.75. The number of aromatic nitrogens is 3. The van der Waals surface area contributed by atoms with Gasteiger partial charge in [0, 0.05) is 24.8 Å². The van der Waals surface area contributed by atoms with Gasteiger partial charge in [-0.25, -0.2) is 9.97 Å². The first-order chi connectivity index (χ1) is 5.79. The zero-order valence-corrected chi connectivity index (χ0v) is 6.56. The van der Waals surface area contributed by atoms with Crippen molar-refractivity contribution in [3.63, 3.8) is 0 Å². The van der Waals surface area contributed by atoms with Crippen LogP contribution in [0.4, 0.5) is 0 Å².